The van der Waals surface area contributed by atoms with Crippen LogP contribution >= 0.6 is 11.3 Å². The van der Waals surface area contributed by atoms with Crippen molar-refractivity contribution in [3.05, 3.63) is 51.7 Å². The highest BCUT2D eigenvalue weighted by Gasteiger charge is 2.06. The number of rotatable bonds is 6. The second-order valence-electron chi connectivity index (χ2n) is 4.23. The summed E-state index contributed by atoms with van der Waals surface area (Å²) in [5, 5.41) is 11.6. The lowest BCUT2D eigenvalue weighted by Crippen LogP contribution is -1.98. The fourth-order valence-corrected chi connectivity index (χ4v) is 2.40. The highest BCUT2D eigenvalue weighted by Crippen LogP contribution is 2.23. The van der Waals surface area contributed by atoms with Crippen LogP contribution in [0.4, 0.5) is 4.39 Å². The van der Waals surface area contributed by atoms with Crippen LogP contribution in [0.2, 0.25) is 0 Å². The van der Waals surface area contributed by atoms with Gasteiger partial charge in [0.25, 0.3) is 0 Å². The number of carboxylic acid groups (broad SMARTS) is 1. The number of nitrogens with zero attached hydrogens (tertiary/aromatic N) is 1. The van der Waals surface area contributed by atoms with Gasteiger partial charge in [-0.1, -0.05) is 6.92 Å². The number of aromatic nitrogens is 1. The Balaban J connectivity index is 2.13. The van der Waals surface area contributed by atoms with E-state index in [0.29, 0.717) is 11.3 Å². The van der Waals surface area contributed by atoms with Gasteiger partial charge in [-0.05, 0) is 30.7 Å². The summed E-state index contributed by atoms with van der Waals surface area (Å²) in [4.78, 5) is 14.9. The number of hydrogen-bond acceptors (Lipinski definition) is 4. The number of ether oxygens (including phenoxy) is 1. The Hall–Kier alpha value is -2.21. The molecule has 0 bridgehead atoms. The molecule has 6 heteroatoms. The summed E-state index contributed by atoms with van der Waals surface area (Å²) in [5.74, 6) is -1.13. The molecule has 1 N–H and O–H groups in total. The molecule has 0 aliphatic heterocycles. The highest BCUT2D eigenvalue weighted by atomic mass is 32.1. The van der Waals surface area contributed by atoms with E-state index in [1.807, 2.05) is 12.3 Å². The minimum atomic E-state index is -1.10. The lowest BCUT2D eigenvalue weighted by molar-refractivity contribution is -0.131. The minimum Gasteiger partial charge on any atom is -0.487 e. The lowest BCUT2D eigenvalue weighted by atomic mass is 10.2. The Morgan fingerprint density at radius 2 is 2.33 bits per heavy atom. The maximum Gasteiger partial charge on any atom is 0.328 e. The Morgan fingerprint density at radius 1 is 1.52 bits per heavy atom. The Morgan fingerprint density at radius 3 is 3.00 bits per heavy atom. The first kappa shape index (κ1) is 15.2. The summed E-state index contributed by atoms with van der Waals surface area (Å²) in [6.45, 7) is 2.29. The molecule has 4 nitrogen and oxygen atoms in total. The zero-order valence-corrected chi connectivity index (χ0v) is 12.2. The van der Waals surface area contributed by atoms with E-state index in [2.05, 4.69) is 4.98 Å². The first-order valence-corrected chi connectivity index (χ1v) is 7.23. The molecule has 0 unspecified atom stereocenters. The maximum atomic E-state index is 13.2. The predicted octanol–water partition coefficient (Wildman–Crippen LogP) is 3.52. The van der Waals surface area contributed by atoms with Crippen molar-refractivity contribution < 1.29 is 19.0 Å². The van der Waals surface area contributed by atoms with E-state index in [1.54, 1.807) is 11.3 Å². The molecule has 1 aromatic heterocycles. The quantitative estimate of drug-likeness (QED) is 0.830. The van der Waals surface area contributed by atoms with Crippen molar-refractivity contribution >= 4 is 23.4 Å². The van der Waals surface area contributed by atoms with Gasteiger partial charge in [-0.25, -0.2) is 14.2 Å². The summed E-state index contributed by atoms with van der Waals surface area (Å²) in [6.07, 6.45) is 3.12. The Labute approximate surface area is 125 Å². The van der Waals surface area contributed by atoms with Gasteiger partial charge < -0.3 is 9.84 Å². The van der Waals surface area contributed by atoms with Crippen molar-refractivity contribution in [2.45, 2.75) is 20.0 Å². The largest absolute Gasteiger partial charge is 0.487 e. The molecule has 0 atom stereocenters. The molecule has 0 spiro atoms. The smallest absolute Gasteiger partial charge is 0.328 e. The van der Waals surface area contributed by atoms with Crippen LogP contribution in [0.25, 0.3) is 6.08 Å². The molecule has 0 radical (unpaired) electrons. The standard InChI is InChI=1S/C15H14FNO3S/c1-2-14-17-12(9-21-14)8-20-13-5-4-11(16)7-10(13)3-6-15(18)19/h3-7,9H,2,8H2,1H3,(H,18,19)/b6-3+. The summed E-state index contributed by atoms with van der Waals surface area (Å²) >= 11 is 1.56. The number of benzene rings is 1. The Bertz CT molecular complexity index is 667. The number of carbonyl (C=O) groups is 1. The van der Waals surface area contributed by atoms with Gasteiger partial charge in [-0.3, -0.25) is 0 Å². The molecule has 2 aromatic rings. The molecule has 0 aliphatic carbocycles. The van der Waals surface area contributed by atoms with E-state index in [0.717, 1.165) is 23.2 Å². The van der Waals surface area contributed by atoms with Gasteiger partial charge in [0.1, 0.15) is 18.2 Å². The Kier molecular flexibility index (Phi) is 5.05. The van der Waals surface area contributed by atoms with E-state index in [-0.39, 0.29) is 6.61 Å². The molecule has 1 aromatic carbocycles. The number of aryl methyl sites for hydroxylation is 1. The van der Waals surface area contributed by atoms with Crippen molar-refractivity contribution in [3.63, 3.8) is 0 Å². The van der Waals surface area contributed by atoms with E-state index in [4.69, 9.17) is 9.84 Å². The zero-order valence-electron chi connectivity index (χ0n) is 11.4. The van der Waals surface area contributed by atoms with Gasteiger partial charge in [-0.15, -0.1) is 11.3 Å². The average Bonchev–Trinajstić information content (AvgIpc) is 2.92. The first-order chi connectivity index (χ1) is 10.1. The minimum absolute atomic E-state index is 0.260. The monoisotopic (exact) mass is 307 g/mol. The van der Waals surface area contributed by atoms with Crippen LogP contribution in [-0.2, 0) is 17.8 Å². The second kappa shape index (κ2) is 6.99. The maximum absolute atomic E-state index is 13.2. The molecule has 0 amide bonds. The SMILES string of the molecule is CCc1nc(COc2ccc(F)cc2/C=C/C(=O)O)cs1. The van der Waals surface area contributed by atoms with Gasteiger partial charge in [0, 0.05) is 17.0 Å². The van der Waals surface area contributed by atoms with Crippen LogP contribution in [0.5, 0.6) is 5.75 Å². The molecule has 110 valence electrons. The van der Waals surface area contributed by atoms with E-state index < -0.39 is 11.8 Å². The summed E-state index contributed by atoms with van der Waals surface area (Å²) in [5.41, 5.74) is 1.18. The third-order valence-electron chi connectivity index (χ3n) is 2.65. The van der Waals surface area contributed by atoms with Crippen LogP contribution in [0.15, 0.2) is 29.7 Å². The van der Waals surface area contributed by atoms with Crippen molar-refractivity contribution in [2.24, 2.45) is 0 Å². The van der Waals surface area contributed by atoms with Gasteiger partial charge in [0.15, 0.2) is 0 Å². The van der Waals surface area contributed by atoms with E-state index >= 15 is 0 Å². The highest BCUT2D eigenvalue weighted by molar-refractivity contribution is 7.09. The molecule has 0 saturated heterocycles. The zero-order chi connectivity index (χ0) is 15.2. The van der Waals surface area contributed by atoms with Gasteiger partial charge in [0.2, 0.25) is 0 Å². The van der Waals surface area contributed by atoms with Gasteiger partial charge >= 0.3 is 5.97 Å². The average molecular weight is 307 g/mol. The topological polar surface area (TPSA) is 59.4 Å². The van der Waals surface area contributed by atoms with Crippen LogP contribution in [0.1, 0.15) is 23.2 Å². The molecule has 1 heterocycles. The fraction of sp³-hybridized carbons (Fsp3) is 0.200. The molecule has 0 fully saturated rings. The number of carboxylic acids is 1. The van der Waals surface area contributed by atoms with Crippen LogP contribution in [0, 0.1) is 5.82 Å². The fourth-order valence-electron chi connectivity index (χ4n) is 1.67. The number of thiazole rings is 1. The van der Waals surface area contributed by atoms with Crippen molar-refractivity contribution in [1.29, 1.82) is 0 Å². The van der Waals surface area contributed by atoms with Crippen LogP contribution in [-0.4, -0.2) is 16.1 Å². The van der Waals surface area contributed by atoms with Gasteiger partial charge in [0.05, 0.1) is 10.7 Å². The van der Waals surface area contributed by atoms with Crippen molar-refractivity contribution in [3.8, 4) is 5.75 Å². The summed E-state index contributed by atoms with van der Waals surface area (Å²) in [6, 6.07) is 3.98. The second-order valence-corrected chi connectivity index (χ2v) is 5.17. The molecule has 0 aliphatic rings. The summed E-state index contributed by atoms with van der Waals surface area (Å²) in [7, 11) is 0. The van der Waals surface area contributed by atoms with E-state index in [1.165, 1.54) is 24.3 Å². The molecule has 0 saturated carbocycles. The molecule has 2 rings (SSSR count). The normalized spacial score (nSPS) is 11.0. The number of aliphatic carboxylic acids is 1. The third-order valence-corrected chi connectivity index (χ3v) is 3.70. The summed E-state index contributed by atoms with van der Waals surface area (Å²) < 4.78 is 18.8. The number of halogens is 1. The van der Waals surface area contributed by atoms with Gasteiger partial charge in [-0.2, -0.15) is 0 Å². The first-order valence-electron chi connectivity index (χ1n) is 6.35. The predicted molar refractivity (Wildman–Crippen MR) is 78.9 cm³/mol. The van der Waals surface area contributed by atoms with Crippen molar-refractivity contribution in [2.75, 3.05) is 0 Å². The van der Waals surface area contributed by atoms with E-state index in [9.17, 15) is 9.18 Å². The van der Waals surface area contributed by atoms with Crippen LogP contribution in [0.3, 0.4) is 0 Å². The molecular formula is C15H14FNO3S. The van der Waals surface area contributed by atoms with Crippen LogP contribution < -0.4 is 4.74 Å². The molecular weight excluding hydrogens is 293 g/mol. The lowest BCUT2D eigenvalue weighted by Gasteiger charge is -2.08. The third kappa shape index (κ3) is 4.39. The number of hydrogen-bond donors (Lipinski definition) is 1. The van der Waals surface area contributed by atoms with Crippen molar-refractivity contribution in [1.82, 2.24) is 4.98 Å². The molecule has 21 heavy (non-hydrogen) atoms.